The van der Waals surface area contributed by atoms with Crippen LogP contribution in [0.4, 0.5) is 0 Å². The minimum Gasteiger partial charge on any atom is -0.389 e. The van der Waals surface area contributed by atoms with Gasteiger partial charge in [-0.2, -0.15) is 0 Å². The number of hydrogen-bond donors (Lipinski definition) is 2. The van der Waals surface area contributed by atoms with Crippen LogP contribution in [-0.2, 0) is 11.2 Å². The van der Waals surface area contributed by atoms with Gasteiger partial charge in [0.05, 0.1) is 30.5 Å². The average molecular weight is 312 g/mol. The van der Waals surface area contributed by atoms with Gasteiger partial charge in [0.15, 0.2) is 0 Å². The highest BCUT2D eigenvalue weighted by atomic mass is 32.1. The minimum absolute atomic E-state index is 0.409. The maximum atomic E-state index is 9.98. The van der Waals surface area contributed by atoms with Crippen molar-refractivity contribution in [2.45, 2.75) is 58.1 Å². The van der Waals surface area contributed by atoms with E-state index in [4.69, 9.17) is 4.74 Å². The standard InChI is InChI=1S/C16H28N2O2S/c1-12-5-3-4-6-15(12)17-9-14(19)10-20-8-7-16-13(2)18-11-21-16/h11-12,14-15,17,19H,3-10H2,1-2H3. The van der Waals surface area contributed by atoms with Crippen molar-refractivity contribution in [3.63, 3.8) is 0 Å². The molecule has 5 heteroatoms. The maximum absolute atomic E-state index is 9.98. The summed E-state index contributed by atoms with van der Waals surface area (Å²) in [6.07, 6.45) is 5.67. The number of thiazole rings is 1. The third-order valence-corrected chi connectivity index (χ3v) is 5.35. The largest absolute Gasteiger partial charge is 0.389 e. The van der Waals surface area contributed by atoms with Gasteiger partial charge in [-0.3, -0.25) is 0 Å². The van der Waals surface area contributed by atoms with Gasteiger partial charge in [-0.25, -0.2) is 4.98 Å². The molecule has 0 bridgehead atoms. The lowest BCUT2D eigenvalue weighted by molar-refractivity contribution is 0.0352. The molecule has 0 radical (unpaired) electrons. The lowest BCUT2D eigenvalue weighted by atomic mass is 9.86. The summed E-state index contributed by atoms with van der Waals surface area (Å²) < 4.78 is 5.58. The first-order valence-corrected chi connectivity index (χ1v) is 8.93. The van der Waals surface area contributed by atoms with Crippen molar-refractivity contribution in [3.05, 3.63) is 16.1 Å². The van der Waals surface area contributed by atoms with Crippen molar-refractivity contribution in [1.82, 2.24) is 10.3 Å². The molecule has 1 aromatic rings. The number of nitrogens with one attached hydrogen (secondary N) is 1. The molecule has 1 saturated carbocycles. The number of aliphatic hydroxyl groups is 1. The Bertz CT molecular complexity index is 411. The smallest absolute Gasteiger partial charge is 0.0897 e. The van der Waals surface area contributed by atoms with Crippen molar-refractivity contribution < 1.29 is 9.84 Å². The molecule has 0 aromatic carbocycles. The first-order valence-electron chi connectivity index (χ1n) is 8.05. The van der Waals surface area contributed by atoms with Crippen molar-refractivity contribution in [2.24, 2.45) is 5.92 Å². The van der Waals surface area contributed by atoms with Gasteiger partial charge >= 0.3 is 0 Å². The Hall–Kier alpha value is -0.490. The Labute approximate surface area is 131 Å². The zero-order chi connectivity index (χ0) is 15.1. The first-order chi connectivity index (χ1) is 10.2. The molecule has 1 fully saturated rings. The topological polar surface area (TPSA) is 54.4 Å². The van der Waals surface area contributed by atoms with Crippen LogP contribution in [0.3, 0.4) is 0 Å². The van der Waals surface area contributed by atoms with Gasteiger partial charge in [0.2, 0.25) is 0 Å². The molecule has 3 atom stereocenters. The van der Waals surface area contributed by atoms with E-state index in [9.17, 15) is 5.11 Å². The van der Waals surface area contributed by atoms with Crippen LogP contribution in [0.25, 0.3) is 0 Å². The summed E-state index contributed by atoms with van der Waals surface area (Å²) in [6.45, 7) is 6.02. The summed E-state index contributed by atoms with van der Waals surface area (Å²) in [5.74, 6) is 0.723. The number of aromatic nitrogens is 1. The summed E-state index contributed by atoms with van der Waals surface area (Å²) in [7, 11) is 0. The van der Waals surface area contributed by atoms with E-state index in [2.05, 4.69) is 17.2 Å². The van der Waals surface area contributed by atoms with Crippen molar-refractivity contribution in [2.75, 3.05) is 19.8 Å². The van der Waals surface area contributed by atoms with Crippen LogP contribution in [0, 0.1) is 12.8 Å². The Kier molecular flexibility index (Phi) is 7.10. The highest BCUT2D eigenvalue weighted by Gasteiger charge is 2.21. The van der Waals surface area contributed by atoms with Crippen LogP contribution in [0.15, 0.2) is 5.51 Å². The molecule has 1 heterocycles. The van der Waals surface area contributed by atoms with Gasteiger partial charge in [-0.1, -0.05) is 19.8 Å². The minimum atomic E-state index is -0.415. The fraction of sp³-hybridized carbons (Fsp3) is 0.812. The van der Waals surface area contributed by atoms with Crippen LogP contribution in [-0.4, -0.2) is 42.0 Å². The summed E-state index contributed by atoms with van der Waals surface area (Å²) in [6, 6.07) is 0.563. The summed E-state index contributed by atoms with van der Waals surface area (Å²) in [5.41, 5.74) is 2.96. The molecular weight excluding hydrogens is 284 g/mol. The molecule has 120 valence electrons. The van der Waals surface area contributed by atoms with Gasteiger partial charge in [-0.05, 0) is 25.7 Å². The molecule has 4 nitrogen and oxygen atoms in total. The average Bonchev–Trinajstić information content (AvgIpc) is 2.88. The fourth-order valence-electron chi connectivity index (χ4n) is 2.92. The fourth-order valence-corrected chi connectivity index (χ4v) is 3.68. The van der Waals surface area contributed by atoms with Crippen LogP contribution in [0.5, 0.6) is 0 Å². The lowest BCUT2D eigenvalue weighted by Crippen LogP contribution is -2.42. The second kappa shape index (κ2) is 8.83. The van der Waals surface area contributed by atoms with E-state index in [-0.39, 0.29) is 0 Å². The third-order valence-electron chi connectivity index (χ3n) is 4.36. The number of nitrogens with zero attached hydrogens (tertiary/aromatic N) is 1. The van der Waals surface area contributed by atoms with Crippen LogP contribution >= 0.6 is 11.3 Å². The number of aliphatic hydroxyl groups excluding tert-OH is 1. The van der Waals surface area contributed by atoms with Gasteiger partial charge < -0.3 is 15.2 Å². The molecular formula is C16H28N2O2S. The molecule has 0 amide bonds. The molecule has 1 aromatic heterocycles. The van der Waals surface area contributed by atoms with E-state index >= 15 is 0 Å². The van der Waals surface area contributed by atoms with Gasteiger partial charge in [0, 0.05) is 23.9 Å². The van der Waals surface area contributed by atoms with Crippen LogP contribution < -0.4 is 5.32 Å². The third kappa shape index (κ3) is 5.66. The van der Waals surface area contributed by atoms with Gasteiger partial charge in [0.25, 0.3) is 0 Å². The molecule has 2 N–H and O–H groups in total. The Morgan fingerprint density at radius 2 is 2.29 bits per heavy atom. The van der Waals surface area contributed by atoms with Crippen LogP contribution in [0.2, 0.25) is 0 Å². The Balaban J connectivity index is 1.55. The van der Waals surface area contributed by atoms with Crippen molar-refractivity contribution in [1.29, 1.82) is 0 Å². The zero-order valence-corrected chi connectivity index (χ0v) is 14.0. The molecule has 21 heavy (non-hydrogen) atoms. The van der Waals surface area contributed by atoms with Gasteiger partial charge in [-0.15, -0.1) is 11.3 Å². The van der Waals surface area contributed by atoms with E-state index in [0.717, 1.165) is 18.0 Å². The van der Waals surface area contributed by atoms with Gasteiger partial charge in [0.1, 0.15) is 0 Å². The van der Waals surface area contributed by atoms with Crippen molar-refractivity contribution in [3.8, 4) is 0 Å². The monoisotopic (exact) mass is 312 g/mol. The summed E-state index contributed by atoms with van der Waals surface area (Å²) in [5, 5.41) is 13.5. The van der Waals surface area contributed by atoms with E-state index in [1.807, 2.05) is 12.4 Å². The lowest BCUT2D eigenvalue weighted by Gasteiger charge is -2.30. The Morgan fingerprint density at radius 1 is 1.48 bits per heavy atom. The molecule has 2 rings (SSSR count). The zero-order valence-electron chi connectivity index (χ0n) is 13.2. The van der Waals surface area contributed by atoms with E-state index in [1.54, 1.807) is 11.3 Å². The second-order valence-corrected chi connectivity index (χ2v) is 7.06. The van der Waals surface area contributed by atoms with Crippen molar-refractivity contribution >= 4 is 11.3 Å². The highest BCUT2D eigenvalue weighted by Crippen LogP contribution is 2.23. The number of ether oxygens (including phenoxy) is 1. The SMILES string of the molecule is Cc1ncsc1CCOCC(O)CNC1CCCCC1C. The number of rotatable bonds is 8. The molecule has 0 aliphatic heterocycles. The van der Waals surface area contributed by atoms with E-state index in [1.165, 1.54) is 30.6 Å². The molecule has 1 aliphatic rings. The summed E-state index contributed by atoms with van der Waals surface area (Å²) >= 11 is 1.67. The molecule has 3 unspecified atom stereocenters. The van der Waals surface area contributed by atoms with E-state index < -0.39 is 6.10 Å². The first kappa shape index (κ1) is 16.9. The number of hydrogen-bond acceptors (Lipinski definition) is 5. The van der Waals surface area contributed by atoms with E-state index in [0.29, 0.717) is 25.8 Å². The van der Waals surface area contributed by atoms with Crippen LogP contribution in [0.1, 0.15) is 43.2 Å². The predicted molar refractivity (Wildman–Crippen MR) is 86.8 cm³/mol. The predicted octanol–water partition coefficient (Wildman–Crippen LogP) is 2.54. The number of aryl methyl sites for hydroxylation is 1. The summed E-state index contributed by atoms with van der Waals surface area (Å²) in [4.78, 5) is 5.50. The normalized spacial score (nSPS) is 24.1. The molecule has 1 aliphatic carbocycles. The molecule has 0 spiro atoms. The Morgan fingerprint density at radius 3 is 3.00 bits per heavy atom. The second-order valence-electron chi connectivity index (χ2n) is 6.12. The maximum Gasteiger partial charge on any atom is 0.0897 e. The molecule has 0 saturated heterocycles. The quantitative estimate of drug-likeness (QED) is 0.724. The highest BCUT2D eigenvalue weighted by molar-refractivity contribution is 7.09.